The van der Waals surface area contributed by atoms with Gasteiger partial charge in [-0.15, -0.1) is 10.2 Å². The molecule has 3 heterocycles. The minimum absolute atomic E-state index is 0.0978. The van der Waals surface area contributed by atoms with Crippen LogP contribution in [0.15, 0.2) is 12.4 Å². The summed E-state index contributed by atoms with van der Waals surface area (Å²) in [5, 5.41) is 7.68. The van der Waals surface area contributed by atoms with Crippen LogP contribution in [0.25, 0.3) is 0 Å². The minimum atomic E-state index is -4.64. The summed E-state index contributed by atoms with van der Waals surface area (Å²) >= 11 is 0. The summed E-state index contributed by atoms with van der Waals surface area (Å²) in [6, 6.07) is 1.36. The standard InChI is InChI=1S/C10H11F3N8/c11-10(12,13)9-16-6(18-14)3-7(17-9)20-1-2-21-5-15-19-8(21)4-20/h3,5H,1-2,4,14H2,(H,16,17,18). The van der Waals surface area contributed by atoms with Gasteiger partial charge in [0, 0.05) is 19.2 Å². The molecule has 0 fully saturated rings. The molecule has 112 valence electrons. The monoisotopic (exact) mass is 300 g/mol. The Labute approximate surface area is 116 Å². The van der Waals surface area contributed by atoms with E-state index in [2.05, 4.69) is 25.6 Å². The van der Waals surface area contributed by atoms with Gasteiger partial charge >= 0.3 is 6.18 Å². The molecule has 0 atom stereocenters. The predicted octanol–water partition coefficient (Wildman–Crippen LogP) is 0.393. The van der Waals surface area contributed by atoms with Gasteiger partial charge in [-0.05, 0) is 0 Å². The molecule has 0 unspecified atom stereocenters. The van der Waals surface area contributed by atoms with Gasteiger partial charge in [0.25, 0.3) is 0 Å². The Morgan fingerprint density at radius 2 is 2.05 bits per heavy atom. The maximum absolute atomic E-state index is 12.8. The second-order valence-corrected chi connectivity index (χ2v) is 4.44. The molecule has 0 saturated carbocycles. The Morgan fingerprint density at radius 1 is 1.24 bits per heavy atom. The number of hydrazine groups is 1. The summed E-state index contributed by atoms with van der Waals surface area (Å²) in [5.41, 5.74) is 2.12. The lowest BCUT2D eigenvalue weighted by Gasteiger charge is -2.28. The SMILES string of the molecule is NNc1cc(N2CCn3cnnc3C2)nc(C(F)(F)F)n1. The minimum Gasteiger partial charge on any atom is -0.347 e. The highest BCUT2D eigenvalue weighted by Gasteiger charge is 2.36. The molecule has 1 aliphatic rings. The molecule has 0 amide bonds. The molecule has 8 nitrogen and oxygen atoms in total. The largest absolute Gasteiger partial charge is 0.451 e. The second-order valence-electron chi connectivity index (χ2n) is 4.44. The molecule has 0 bridgehead atoms. The van der Waals surface area contributed by atoms with E-state index in [1.165, 1.54) is 6.07 Å². The fourth-order valence-corrected chi connectivity index (χ4v) is 2.06. The van der Waals surface area contributed by atoms with Gasteiger partial charge in [0.15, 0.2) is 5.82 Å². The summed E-state index contributed by atoms with van der Waals surface area (Å²) < 4.78 is 40.2. The normalized spacial score (nSPS) is 15.0. The average Bonchev–Trinajstić information content (AvgIpc) is 2.93. The second kappa shape index (κ2) is 4.84. The number of fused-ring (bicyclic) bond motifs is 1. The molecule has 3 rings (SSSR count). The lowest BCUT2D eigenvalue weighted by molar-refractivity contribution is -0.144. The highest BCUT2D eigenvalue weighted by molar-refractivity contribution is 5.49. The molecule has 0 saturated heterocycles. The van der Waals surface area contributed by atoms with Crippen molar-refractivity contribution in [2.45, 2.75) is 19.3 Å². The Balaban J connectivity index is 1.95. The molecule has 0 radical (unpaired) electrons. The zero-order valence-corrected chi connectivity index (χ0v) is 10.7. The molecule has 3 N–H and O–H groups in total. The molecule has 2 aromatic rings. The number of hydrogen-bond acceptors (Lipinski definition) is 7. The third kappa shape index (κ3) is 2.59. The topological polar surface area (TPSA) is 97.8 Å². The van der Waals surface area contributed by atoms with Crippen molar-refractivity contribution in [1.29, 1.82) is 0 Å². The maximum atomic E-state index is 12.8. The summed E-state index contributed by atoms with van der Waals surface area (Å²) in [6.45, 7) is 1.38. The van der Waals surface area contributed by atoms with Gasteiger partial charge in [0.1, 0.15) is 18.0 Å². The van der Waals surface area contributed by atoms with E-state index in [0.29, 0.717) is 25.5 Å². The smallest absolute Gasteiger partial charge is 0.347 e. The molecule has 0 aromatic carbocycles. The van der Waals surface area contributed by atoms with Crippen molar-refractivity contribution in [2.75, 3.05) is 16.9 Å². The van der Waals surface area contributed by atoms with Crippen LogP contribution in [0, 0.1) is 0 Å². The molecule has 2 aromatic heterocycles. The van der Waals surface area contributed by atoms with Crippen LogP contribution in [0.5, 0.6) is 0 Å². The quantitative estimate of drug-likeness (QED) is 0.611. The van der Waals surface area contributed by atoms with Crippen molar-refractivity contribution >= 4 is 11.6 Å². The number of alkyl halides is 3. The summed E-state index contributed by atoms with van der Waals surface area (Å²) in [6.07, 6.45) is -3.06. The number of nitrogen functional groups attached to an aromatic ring is 1. The first-order valence-corrected chi connectivity index (χ1v) is 6.02. The van der Waals surface area contributed by atoms with Crippen molar-refractivity contribution in [3.63, 3.8) is 0 Å². The van der Waals surface area contributed by atoms with Gasteiger partial charge in [-0.3, -0.25) is 0 Å². The molecule has 1 aliphatic heterocycles. The number of aromatic nitrogens is 5. The van der Waals surface area contributed by atoms with Gasteiger partial charge in [0.05, 0.1) is 6.54 Å². The Kier molecular flexibility index (Phi) is 3.12. The first kappa shape index (κ1) is 13.5. The van der Waals surface area contributed by atoms with Crippen LogP contribution in [-0.2, 0) is 19.3 Å². The number of rotatable bonds is 2. The van der Waals surface area contributed by atoms with Crippen LogP contribution in [0.4, 0.5) is 24.8 Å². The fraction of sp³-hybridized carbons (Fsp3) is 0.400. The Bertz CT molecular complexity index is 652. The van der Waals surface area contributed by atoms with Gasteiger partial charge in [-0.1, -0.05) is 0 Å². The van der Waals surface area contributed by atoms with Crippen LogP contribution in [-0.4, -0.2) is 31.3 Å². The number of nitrogens with zero attached hydrogens (tertiary/aromatic N) is 6. The summed E-state index contributed by atoms with van der Waals surface area (Å²) in [5.74, 6) is 4.64. The Morgan fingerprint density at radius 3 is 2.76 bits per heavy atom. The first-order valence-electron chi connectivity index (χ1n) is 6.02. The highest BCUT2D eigenvalue weighted by Crippen LogP contribution is 2.29. The van der Waals surface area contributed by atoms with Gasteiger partial charge < -0.3 is 14.9 Å². The van der Waals surface area contributed by atoms with Crippen LogP contribution in [0.2, 0.25) is 0 Å². The third-order valence-electron chi connectivity index (χ3n) is 3.08. The van der Waals surface area contributed by atoms with Crippen molar-refractivity contribution in [3.05, 3.63) is 24.0 Å². The first-order chi connectivity index (χ1) is 9.97. The Hall–Kier alpha value is -2.43. The lowest BCUT2D eigenvalue weighted by atomic mass is 10.3. The van der Waals surface area contributed by atoms with Gasteiger partial charge in [0.2, 0.25) is 5.82 Å². The molecule has 21 heavy (non-hydrogen) atoms. The van der Waals surface area contributed by atoms with E-state index < -0.39 is 12.0 Å². The van der Waals surface area contributed by atoms with E-state index in [-0.39, 0.29) is 11.6 Å². The summed E-state index contributed by atoms with van der Waals surface area (Å²) in [7, 11) is 0. The van der Waals surface area contributed by atoms with Gasteiger partial charge in [-0.25, -0.2) is 15.8 Å². The van der Waals surface area contributed by atoms with Crippen LogP contribution >= 0.6 is 0 Å². The van der Waals surface area contributed by atoms with E-state index in [1.807, 2.05) is 4.57 Å². The van der Waals surface area contributed by atoms with Gasteiger partial charge in [-0.2, -0.15) is 13.2 Å². The van der Waals surface area contributed by atoms with Crippen molar-refractivity contribution in [3.8, 4) is 0 Å². The van der Waals surface area contributed by atoms with E-state index in [4.69, 9.17) is 5.84 Å². The highest BCUT2D eigenvalue weighted by atomic mass is 19.4. The molecule has 0 spiro atoms. The van der Waals surface area contributed by atoms with Crippen LogP contribution in [0.1, 0.15) is 11.6 Å². The molecular formula is C10H11F3N8. The molecule has 0 aliphatic carbocycles. The number of nitrogens with one attached hydrogen (secondary N) is 1. The maximum Gasteiger partial charge on any atom is 0.451 e. The number of halogens is 3. The van der Waals surface area contributed by atoms with E-state index in [1.54, 1.807) is 11.2 Å². The number of hydrogen-bond donors (Lipinski definition) is 2. The van der Waals surface area contributed by atoms with Crippen molar-refractivity contribution in [2.24, 2.45) is 5.84 Å². The average molecular weight is 300 g/mol. The predicted molar refractivity (Wildman–Crippen MR) is 65.9 cm³/mol. The number of anilines is 2. The molecular weight excluding hydrogens is 289 g/mol. The molecule has 11 heteroatoms. The number of nitrogens with two attached hydrogens (primary N) is 1. The van der Waals surface area contributed by atoms with E-state index in [0.717, 1.165) is 0 Å². The van der Waals surface area contributed by atoms with Crippen LogP contribution in [0.3, 0.4) is 0 Å². The summed E-state index contributed by atoms with van der Waals surface area (Å²) in [4.78, 5) is 8.56. The fourth-order valence-electron chi connectivity index (χ4n) is 2.06. The van der Waals surface area contributed by atoms with E-state index >= 15 is 0 Å². The van der Waals surface area contributed by atoms with E-state index in [9.17, 15) is 13.2 Å². The van der Waals surface area contributed by atoms with Crippen LogP contribution < -0.4 is 16.2 Å². The third-order valence-corrected chi connectivity index (χ3v) is 3.08. The zero-order chi connectivity index (χ0) is 15.0. The van der Waals surface area contributed by atoms with Crippen molar-refractivity contribution in [1.82, 2.24) is 24.7 Å². The van der Waals surface area contributed by atoms with Crippen molar-refractivity contribution < 1.29 is 13.2 Å². The zero-order valence-electron chi connectivity index (χ0n) is 10.7. The lowest BCUT2D eigenvalue weighted by Crippen LogP contribution is -2.34.